The molecular formula is C32H34N4O6S2. The van der Waals surface area contributed by atoms with Gasteiger partial charge in [-0.25, -0.2) is 9.59 Å². The summed E-state index contributed by atoms with van der Waals surface area (Å²) in [5, 5.41) is 7.04. The van der Waals surface area contributed by atoms with Crippen LogP contribution < -0.4 is 10.6 Å². The molecule has 0 saturated heterocycles. The topological polar surface area (TPSA) is 137 Å². The second kappa shape index (κ2) is 14.5. The first-order chi connectivity index (χ1) is 21.0. The van der Waals surface area contributed by atoms with Gasteiger partial charge in [0.2, 0.25) is 0 Å². The Balaban J connectivity index is 1.51. The lowest BCUT2D eigenvalue weighted by Crippen LogP contribution is -2.45. The number of nitrogens with zero attached hydrogens (tertiary/aromatic N) is 2. The minimum absolute atomic E-state index is 0.143. The standard InChI is InChI=1S/C32H34N4O6S2/c1-17(2)25(31(39)41-5)35-29(37)21-13-19-9-7-11-23(27(19)33-15-21)43-44-24-12-8-10-20-14-22(16-34-28(20)24)30(38)36-26(18(3)4)32(40)42-6/h7-18,25-26H,1-6H3,(H,35,37)(H,36,38)/t25-,26-/m0/s1. The number of hydrogen-bond acceptors (Lipinski definition) is 10. The number of hydrogen-bond donors (Lipinski definition) is 2. The molecule has 4 aromatic rings. The molecule has 0 fully saturated rings. The molecule has 0 aliphatic heterocycles. The highest BCUT2D eigenvalue weighted by atomic mass is 33.1. The zero-order chi connectivity index (χ0) is 32.0. The lowest BCUT2D eigenvalue weighted by atomic mass is 10.0. The molecule has 0 saturated carbocycles. The minimum atomic E-state index is -0.766. The molecule has 0 unspecified atom stereocenters. The monoisotopic (exact) mass is 634 g/mol. The number of amides is 2. The predicted octanol–water partition coefficient (Wildman–Crippen LogP) is 5.44. The number of carbonyl (C=O) groups is 4. The van der Waals surface area contributed by atoms with E-state index >= 15 is 0 Å². The number of rotatable bonds is 11. The van der Waals surface area contributed by atoms with Crippen molar-refractivity contribution >= 4 is 67.1 Å². The van der Waals surface area contributed by atoms with E-state index in [1.165, 1.54) is 48.2 Å². The third kappa shape index (κ3) is 7.48. The summed E-state index contributed by atoms with van der Waals surface area (Å²) >= 11 is 0. The maximum atomic E-state index is 12.9. The zero-order valence-corrected chi connectivity index (χ0v) is 26.9. The maximum absolute atomic E-state index is 12.9. The van der Waals surface area contributed by atoms with Crippen molar-refractivity contribution in [2.75, 3.05) is 14.2 Å². The van der Waals surface area contributed by atoms with Gasteiger partial charge in [-0.1, -0.05) is 73.5 Å². The summed E-state index contributed by atoms with van der Waals surface area (Å²) in [6.45, 7) is 7.33. The third-order valence-corrected chi connectivity index (χ3v) is 9.34. The smallest absolute Gasteiger partial charge is 0.328 e. The van der Waals surface area contributed by atoms with Crippen LogP contribution in [0.3, 0.4) is 0 Å². The van der Waals surface area contributed by atoms with E-state index in [1.54, 1.807) is 12.1 Å². The molecule has 12 heteroatoms. The maximum Gasteiger partial charge on any atom is 0.328 e. The molecule has 44 heavy (non-hydrogen) atoms. The fourth-order valence-corrected chi connectivity index (χ4v) is 6.73. The number of ether oxygens (including phenoxy) is 2. The average molecular weight is 635 g/mol. The van der Waals surface area contributed by atoms with Gasteiger partial charge in [0.1, 0.15) is 12.1 Å². The quantitative estimate of drug-likeness (QED) is 0.162. The van der Waals surface area contributed by atoms with Crippen LogP contribution >= 0.6 is 21.6 Å². The van der Waals surface area contributed by atoms with Crippen molar-refractivity contribution in [2.45, 2.75) is 49.6 Å². The van der Waals surface area contributed by atoms with Crippen LogP contribution in [0.25, 0.3) is 21.8 Å². The first-order valence-corrected chi connectivity index (χ1v) is 16.1. The predicted molar refractivity (Wildman–Crippen MR) is 171 cm³/mol. The summed E-state index contributed by atoms with van der Waals surface area (Å²) < 4.78 is 9.65. The molecule has 2 aromatic carbocycles. The molecule has 0 aliphatic rings. The molecule has 10 nitrogen and oxygen atoms in total. The molecule has 0 aliphatic carbocycles. The van der Waals surface area contributed by atoms with E-state index in [0.717, 1.165) is 31.6 Å². The van der Waals surface area contributed by atoms with Crippen molar-refractivity contribution in [3.05, 3.63) is 72.1 Å². The first-order valence-electron chi connectivity index (χ1n) is 13.9. The number of fused-ring (bicyclic) bond motifs is 2. The van der Waals surface area contributed by atoms with Gasteiger partial charge in [0.25, 0.3) is 11.8 Å². The average Bonchev–Trinajstić information content (AvgIpc) is 3.03. The molecule has 0 spiro atoms. The van der Waals surface area contributed by atoms with E-state index in [0.29, 0.717) is 11.1 Å². The highest BCUT2D eigenvalue weighted by Gasteiger charge is 2.27. The van der Waals surface area contributed by atoms with Crippen LogP contribution in [0.1, 0.15) is 48.4 Å². The van der Waals surface area contributed by atoms with E-state index < -0.39 is 35.8 Å². The van der Waals surface area contributed by atoms with Crippen molar-refractivity contribution in [3.8, 4) is 0 Å². The van der Waals surface area contributed by atoms with Crippen molar-refractivity contribution < 1.29 is 28.7 Å². The van der Waals surface area contributed by atoms with Gasteiger partial charge in [-0.2, -0.15) is 0 Å². The summed E-state index contributed by atoms with van der Waals surface area (Å²) in [6.07, 6.45) is 2.99. The van der Waals surface area contributed by atoms with Gasteiger partial charge in [0.15, 0.2) is 0 Å². The van der Waals surface area contributed by atoms with Crippen molar-refractivity contribution in [1.29, 1.82) is 0 Å². The zero-order valence-electron chi connectivity index (χ0n) is 25.2. The third-order valence-electron chi connectivity index (χ3n) is 6.91. The molecule has 2 atom stereocenters. The number of aromatic nitrogens is 2. The van der Waals surface area contributed by atoms with Gasteiger partial charge in [-0.15, -0.1) is 0 Å². The van der Waals surface area contributed by atoms with Crippen LogP contribution in [-0.4, -0.2) is 60.0 Å². The molecule has 2 aromatic heterocycles. The SMILES string of the molecule is COC(=O)[C@@H](NC(=O)c1cnc2c(SSc3cccc4cc(C(=O)N[C@H](C(=O)OC)C(C)C)cnc34)cccc2c1)C(C)C. The fraction of sp³-hybridized carbons (Fsp3) is 0.312. The molecule has 230 valence electrons. The first kappa shape index (κ1) is 32.7. The van der Waals surface area contributed by atoms with Gasteiger partial charge in [0.05, 0.1) is 36.4 Å². The van der Waals surface area contributed by atoms with Gasteiger partial charge in [-0.05, 0) is 36.1 Å². The number of pyridine rings is 2. The Bertz CT molecular complexity index is 1590. The fourth-order valence-electron chi connectivity index (χ4n) is 4.44. The van der Waals surface area contributed by atoms with E-state index in [9.17, 15) is 19.2 Å². The van der Waals surface area contributed by atoms with E-state index in [2.05, 4.69) is 20.6 Å². The molecule has 2 heterocycles. The van der Waals surface area contributed by atoms with Crippen LogP contribution in [0.2, 0.25) is 0 Å². The number of esters is 2. The molecule has 2 N–H and O–H groups in total. The van der Waals surface area contributed by atoms with Crippen LogP contribution in [0.4, 0.5) is 0 Å². The van der Waals surface area contributed by atoms with E-state index in [1.807, 2.05) is 64.1 Å². The number of benzene rings is 2. The summed E-state index contributed by atoms with van der Waals surface area (Å²) in [5.41, 5.74) is 2.14. The van der Waals surface area contributed by atoms with Crippen LogP contribution in [0.15, 0.2) is 70.7 Å². The normalized spacial score (nSPS) is 12.6. The van der Waals surface area contributed by atoms with Gasteiger partial charge in [0, 0.05) is 33.0 Å². The molecule has 0 bridgehead atoms. The molecule has 2 amide bonds. The van der Waals surface area contributed by atoms with Crippen molar-refractivity contribution in [1.82, 2.24) is 20.6 Å². The second-order valence-electron chi connectivity index (χ2n) is 10.7. The Morgan fingerprint density at radius 3 is 1.39 bits per heavy atom. The number of para-hydroxylation sites is 2. The lowest BCUT2D eigenvalue weighted by Gasteiger charge is -2.19. The minimum Gasteiger partial charge on any atom is -0.467 e. The largest absolute Gasteiger partial charge is 0.467 e. The highest BCUT2D eigenvalue weighted by Crippen LogP contribution is 2.42. The molecular weight excluding hydrogens is 601 g/mol. The number of carbonyl (C=O) groups excluding carboxylic acids is 4. The van der Waals surface area contributed by atoms with Crippen LogP contribution in [-0.2, 0) is 19.1 Å². The van der Waals surface area contributed by atoms with E-state index in [-0.39, 0.29) is 11.8 Å². The Kier molecular flexibility index (Phi) is 10.8. The number of methoxy groups -OCH3 is 2. The lowest BCUT2D eigenvalue weighted by molar-refractivity contribution is -0.144. The molecule has 4 rings (SSSR count). The Morgan fingerprint density at radius 1 is 0.659 bits per heavy atom. The van der Waals surface area contributed by atoms with Crippen LogP contribution in [0.5, 0.6) is 0 Å². The highest BCUT2D eigenvalue weighted by molar-refractivity contribution is 8.76. The van der Waals surface area contributed by atoms with Crippen molar-refractivity contribution in [2.24, 2.45) is 11.8 Å². The van der Waals surface area contributed by atoms with Crippen molar-refractivity contribution in [3.63, 3.8) is 0 Å². The summed E-state index contributed by atoms with van der Waals surface area (Å²) in [6, 6.07) is 13.4. The van der Waals surface area contributed by atoms with Crippen LogP contribution in [0, 0.1) is 11.8 Å². The Morgan fingerprint density at radius 2 is 1.05 bits per heavy atom. The summed E-state index contributed by atoms with van der Waals surface area (Å²) in [7, 11) is 5.59. The van der Waals surface area contributed by atoms with E-state index in [4.69, 9.17) is 9.47 Å². The van der Waals surface area contributed by atoms with Gasteiger partial charge < -0.3 is 20.1 Å². The summed E-state index contributed by atoms with van der Waals surface area (Å²) in [5.74, 6) is -2.10. The van der Waals surface area contributed by atoms with Gasteiger partial charge >= 0.3 is 11.9 Å². The Hall–Kier alpha value is -4.16. The number of nitrogens with one attached hydrogen (secondary N) is 2. The summed E-state index contributed by atoms with van der Waals surface area (Å²) in [4.78, 5) is 61.0. The molecule has 0 radical (unpaired) electrons. The second-order valence-corrected chi connectivity index (χ2v) is 12.9. The Labute approximate surface area is 263 Å². The van der Waals surface area contributed by atoms with Gasteiger partial charge in [-0.3, -0.25) is 19.6 Å².